The largest absolute Gasteiger partial charge is 0.391 e. The summed E-state index contributed by atoms with van der Waals surface area (Å²) >= 11 is 0. The first-order chi connectivity index (χ1) is 6.66. The SMILES string of the molecule is COCC(C)C(O)C1(C#N)CCCC1. The van der Waals surface area contributed by atoms with Crippen molar-refractivity contribution in [1.82, 2.24) is 0 Å². The number of nitriles is 1. The first kappa shape index (κ1) is 11.5. The van der Waals surface area contributed by atoms with Crippen LogP contribution in [-0.2, 0) is 4.74 Å². The Morgan fingerprint density at radius 2 is 2.07 bits per heavy atom. The summed E-state index contributed by atoms with van der Waals surface area (Å²) in [5, 5.41) is 19.2. The smallest absolute Gasteiger partial charge is 0.0835 e. The molecule has 3 nitrogen and oxygen atoms in total. The number of methoxy groups -OCH3 is 1. The van der Waals surface area contributed by atoms with Crippen LogP contribution < -0.4 is 0 Å². The fourth-order valence-electron chi connectivity index (χ4n) is 2.38. The molecule has 0 bridgehead atoms. The van der Waals surface area contributed by atoms with Crippen LogP contribution in [0.3, 0.4) is 0 Å². The van der Waals surface area contributed by atoms with Crippen molar-refractivity contribution in [3.63, 3.8) is 0 Å². The minimum atomic E-state index is -0.546. The van der Waals surface area contributed by atoms with Gasteiger partial charge in [-0.2, -0.15) is 5.26 Å². The molecule has 1 N–H and O–H groups in total. The van der Waals surface area contributed by atoms with Gasteiger partial charge < -0.3 is 9.84 Å². The summed E-state index contributed by atoms with van der Waals surface area (Å²) in [6, 6.07) is 2.31. The monoisotopic (exact) mass is 197 g/mol. The van der Waals surface area contributed by atoms with E-state index in [0.717, 1.165) is 25.7 Å². The lowest BCUT2D eigenvalue weighted by molar-refractivity contribution is -0.00775. The number of hydrogen-bond donors (Lipinski definition) is 1. The predicted octanol–water partition coefficient (Wildman–Crippen LogP) is 1.71. The van der Waals surface area contributed by atoms with Crippen LogP contribution in [0.25, 0.3) is 0 Å². The second-order valence-electron chi connectivity index (χ2n) is 4.35. The third kappa shape index (κ3) is 2.08. The van der Waals surface area contributed by atoms with Gasteiger partial charge in [-0.25, -0.2) is 0 Å². The first-order valence-corrected chi connectivity index (χ1v) is 5.24. The van der Waals surface area contributed by atoms with E-state index in [1.165, 1.54) is 0 Å². The summed E-state index contributed by atoms with van der Waals surface area (Å²) in [6.45, 7) is 2.45. The van der Waals surface area contributed by atoms with Gasteiger partial charge in [-0.15, -0.1) is 0 Å². The number of aliphatic hydroxyl groups is 1. The number of aliphatic hydroxyl groups excluding tert-OH is 1. The quantitative estimate of drug-likeness (QED) is 0.746. The maximum atomic E-state index is 10.1. The lowest BCUT2D eigenvalue weighted by Gasteiger charge is -2.31. The summed E-state index contributed by atoms with van der Waals surface area (Å²) < 4.78 is 5.00. The molecule has 0 aromatic rings. The van der Waals surface area contributed by atoms with E-state index >= 15 is 0 Å². The molecular formula is C11H19NO2. The zero-order valence-corrected chi connectivity index (χ0v) is 8.99. The zero-order chi connectivity index (χ0) is 10.6. The Kier molecular flexibility index (Phi) is 3.91. The third-order valence-corrected chi connectivity index (χ3v) is 3.25. The Morgan fingerprint density at radius 3 is 2.50 bits per heavy atom. The van der Waals surface area contributed by atoms with Crippen LogP contribution in [0.15, 0.2) is 0 Å². The lowest BCUT2D eigenvalue weighted by atomic mass is 9.77. The number of rotatable bonds is 4. The van der Waals surface area contributed by atoms with E-state index in [0.29, 0.717) is 6.61 Å². The van der Waals surface area contributed by atoms with Gasteiger partial charge in [0, 0.05) is 13.0 Å². The molecule has 80 valence electrons. The predicted molar refractivity (Wildman–Crippen MR) is 53.6 cm³/mol. The molecule has 1 aliphatic rings. The molecule has 0 saturated heterocycles. The molecule has 0 amide bonds. The normalized spacial score (nSPS) is 24.1. The Labute approximate surface area is 85.7 Å². The molecule has 0 heterocycles. The highest BCUT2D eigenvalue weighted by molar-refractivity contribution is 5.07. The topological polar surface area (TPSA) is 53.2 Å². The second kappa shape index (κ2) is 4.77. The van der Waals surface area contributed by atoms with Crippen molar-refractivity contribution < 1.29 is 9.84 Å². The van der Waals surface area contributed by atoms with Crippen LogP contribution in [0, 0.1) is 22.7 Å². The van der Waals surface area contributed by atoms with Crippen molar-refractivity contribution in [2.45, 2.75) is 38.7 Å². The van der Waals surface area contributed by atoms with Gasteiger partial charge in [-0.3, -0.25) is 0 Å². The minimum Gasteiger partial charge on any atom is -0.391 e. The fraction of sp³-hybridized carbons (Fsp3) is 0.909. The van der Waals surface area contributed by atoms with Gasteiger partial charge in [0.05, 0.1) is 24.2 Å². The molecule has 2 unspecified atom stereocenters. The van der Waals surface area contributed by atoms with Gasteiger partial charge in [0.15, 0.2) is 0 Å². The van der Waals surface area contributed by atoms with E-state index < -0.39 is 11.5 Å². The van der Waals surface area contributed by atoms with Crippen molar-refractivity contribution in [3.8, 4) is 6.07 Å². The number of hydrogen-bond acceptors (Lipinski definition) is 3. The van der Waals surface area contributed by atoms with Gasteiger partial charge in [0.2, 0.25) is 0 Å². The van der Waals surface area contributed by atoms with Crippen molar-refractivity contribution in [1.29, 1.82) is 5.26 Å². The summed E-state index contributed by atoms with van der Waals surface area (Å²) in [5.41, 5.74) is -0.502. The van der Waals surface area contributed by atoms with E-state index in [4.69, 9.17) is 10.00 Å². The molecule has 1 rings (SSSR count). The maximum absolute atomic E-state index is 10.1. The maximum Gasteiger partial charge on any atom is 0.0835 e. The van der Waals surface area contributed by atoms with Gasteiger partial charge in [0.1, 0.15) is 0 Å². The molecule has 0 radical (unpaired) electrons. The van der Waals surface area contributed by atoms with Crippen LogP contribution >= 0.6 is 0 Å². The van der Waals surface area contributed by atoms with Gasteiger partial charge in [-0.1, -0.05) is 19.8 Å². The van der Waals surface area contributed by atoms with Crippen LogP contribution in [0.2, 0.25) is 0 Å². The van der Waals surface area contributed by atoms with E-state index in [2.05, 4.69) is 6.07 Å². The summed E-state index contributed by atoms with van der Waals surface area (Å²) in [4.78, 5) is 0. The van der Waals surface area contributed by atoms with Crippen LogP contribution in [0.5, 0.6) is 0 Å². The molecule has 14 heavy (non-hydrogen) atoms. The van der Waals surface area contributed by atoms with Crippen LogP contribution in [0.4, 0.5) is 0 Å². The Hall–Kier alpha value is -0.590. The van der Waals surface area contributed by atoms with Gasteiger partial charge in [0.25, 0.3) is 0 Å². The van der Waals surface area contributed by atoms with Crippen LogP contribution in [0.1, 0.15) is 32.6 Å². The van der Waals surface area contributed by atoms with E-state index in [1.54, 1.807) is 7.11 Å². The van der Waals surface area contributed by atoms with Crippen molar-refractivity contribution in [3.05, 3.63) is 0 Å². The first-order valence-electron chi connectivity index (χ1n) is 5.24. The molecule has 1 aliphatic carbocycles. The molecule has 0 spiro atoms. The van der Waals surface area contributed by atoms with Crippen molar-refractivity contribution in [2.75, 3.05) is 13.7 Å². The molecule has 3 heteroatoms. The molecular weight excluding hydrogens is 178 g/mol. The molecule has 2 atom stereocenters. The highest BCUT2D eigenvalue weighted by Gasteiger charge is 2.43. The highest BCUT2D eigenvalue weighted by Crippen LogP contribution is 2.42. The number of ether oxygens (including phenoxy) is 1. The minimum absolute atomic E-state index is 0.0396. The average Bonchev–Trinajstić information content (AvgIpc) is 2.66. The Bertz CT molecular complexity index is 216. The third-order valence-electron chi connectivity index (χ3n) is 3.25. The molecule has 0 aromatic heterocycles. The molecule has 1 saturated carbocycles. The standard InChI is InChI=1S/C11H19NO2/c1-9(7-14-2)10(13)11(8-12)5-3-4-6-11/h9-10,13H,3-7H2,1-2H3. The summed E-state index contributed by atoms with van der Waals surface area (Å²) in [7, 11) is 1.62. The van der Waals surface area contributed by atoms with Gasteiger partial charge >= 0.3 is 0 Å². The lowest BCUT2D eigenvalue weighted by Crippen LogP contribution is -2.38. The summed E-state index contributed by atoms with van der Waals surface area (Å²) in [6.07, 6.45) is 3.24. The molecule has 0 aliphatic heterocycles. The van der Waals surface area contributed by atoms with Crippen molar-refractivity contribution in [2.24, 2.45) is 11.3 Å². The Balaban J connectivity index is 2.65. The summed E-state index contributed by atoms with van der Waals surface area (Å²) in [5.74, 6) is 0.0396. The van der Waals surface area contributed by atoms with E-state index in [-0.39, 0.29) is 5.92 Å². The fourth-order valence-corrected chi connectivity index (χ4v) is 2.38. The molecule has 0 aromatic carbocycles. The molecule has 1 fully saturated rings. The number of nitrogens with zero attached hydrogens (tertiary/aromatic N) is 1. The van der Waals surface area contributed by atoms with Gasteiger partial charge in [-0.05, 0) is 12.8 Å². The zero-order valence-electron chi connectivity index (χ0n) is 8.99. The Morgan fingerprint density at radius 1 is 1.50 bits per heavy atom. The van der Waals surface area contributed by atoms with E-state index in [9.17, 15) is 5.11 Å². The van der Waals surface area contributed by atoms with Crippen LogP contribution in [-0.4, -0.2) is 24.9 Å². The highest BCUT2D eigenvalue weighted by atomic mass is 16.5. The van der Waals surface area contributed by atoms with E-state index in [1.807, 2.05) is 6.92 Å². The van der Waals surface area contributed by atoms with Crippen molar-refractivity contribution >= 4 is 0 Å². The average molecular weight is 197 g/mol. The second-order valence-corrected chi connectivity index (χ2v) is 4.35.